The van der Waals surface area contributed by atoms with Crippen molar-refractivity contribution in [2.45, 2.75) is 43.3 Å². The van der Waals surface area contributed by atoms with Crippen LogP contribution in [0.2, 0.25) is 0 Å². The average molecular weight is 1710 g/mol. The van der Waals surface area contributed by atoms with Crippen molar-refractivity contribution in [3.63, 3.8) is 0 Å². The van der Waals surface area contributed by atoms with Gasteiger partial charge in [-0.15, -0.1) is 0 Å². The van der Waals surface area contributed by atoms with Crippen LogP contribution < -0.4 is 33.2 Å². The molecule has 646 valence electrons. The fourth-order valence-electron chi connectivity index (χ4n) is 11.6. The van der Waals surface area contributed by atoms with Crippen LogP contribution in [0.5, 0.6) is 80.5 Å². The highest BCUT2D eigenvalue weighted by atomic mass is 19.2. The fourth-order valence-corrected chi connectivity index (χ4v) is 11.6. The summed E-state index contributed by atoms with van der Waals surface area (Å²) in [5.41, 5.74) is 3.52. The molecule has 1 aliphatic carbocycles. The largest absolute Gasteiger partial charge is 0.508 e. The van der Waals surface area contributed by atoms with Crippen LogP contribution in [-0.2, 0) is 18.3 Å². The molecule has 25 heteroatoms. The first-order valence-electron chi connectivity index (χ1n) is 38.9. The Balaban J connectivity index is 0.000000165. The minimum Gasteiger partial charge on any atom is -0.508 e. The van der Waals surface area contributed by atoms with Gasteiger partial charge in [0.15, 0.2) is 47.9 Å². The number of aromatic hydroxyl groups is 7. The third-order valence-electron chi connectivity index (χ3n) is 18.3. The van der Waals surface area contributed by atoms with Crippen molar-refractivity contribution < 1.29 is 119 Å². The Morgan fingerprint density at radius 2 is 0.616 bits per heavy atom. The maximum atomic E-state index is 13.3. The number of benzene rings is 14. The number of halogens is 7. The van der Waals surface area contributed by atoms with Crippen LogP contribution >= 0.6 is 0 Å². The minimum atomic E-state index is -1.01. The number of phenolic OH excluding ortho intramolecular Hbond substituents is 7. The highest BCUT2D eigenvalue weighted by Gasteiger charge is 2.47. The third-order valence-corrected chi connectivity index (χ3v) is 18.3. The molecule has 0 spiro atoms. The van der Waals surface area contributed by atoms with Gasteiger partial charge in [0, 0.05) is 59.2 Å². The molecule has 0 aromatic heterocycles. The van der Waals surface area contributed by atoms with Crippen molar-refractivity contribution in [1.82, 2.24) is 0 Å². The summed E-state index contributed by atoms with van der Waals surface area (Å²) in [4.78, 5) is 23.5. The number of carbonyl (C=O) groups is 2. The maximum Gasteiger partial charge on any atom is 0.203 e. The monoisotopic (exact) mass is 1710 g/mol. The molecule has 2 atom stereocenters. The van der Waals surface area contributed by atoms with E-state index in [1.165, 1.54) is 133 Å². The van der Waals surface area contributed by atoms with Crippen molar-refractivity contribution >= 4 is 11.6 Å². The normalized spacial score (nSPS) is 11.6. The lowest BCUT2D eigenvalue weighted by atomic mass is 9.96. The third kappa shape index (κ3) is 31.2. The Morgan fingerprint density at radius 1 is 0.296 bits per heavy atom. The minimum absolute atomic E-state index is 0.00726. The van der Waals surface area contributed by atoms with Crippen LogP contribution in [0.4, 0.5) is 30.7 Å². The van der Waals surface area contributed by atoms with Crippen LogP contribution in [0.15, 0.2) is 340 Å². The summed E-state index contributed by atoms with van der Waals surface area (Å²) >= 11 is 0. The SMILES string of the molecule is O=C(COc1cccc(F)c1)c1ccccc1O.O=C(COc1ccccc1F)c1ccccc1O.Oc1ccccc1C(O)COc1cccc(F)c1.Oc1ccccc1C(O)COc1ccccc1F.Oc1ccccc1C1(COc2cccc(F)c2)CC1.Oc1ccccc1CCOc1cccc(F)c1.Oc1ccccc1CCOc1ccccc1F. The van der Waals surface area contributed by atoms with Gasteiger partial charge in [-0.2, -0.15) is 0 Å². The lowest BCUT2D eigenvalue weighted by Crippen LogP contribution is -2.17. The smallest absolute Gasteiger partial charge is 0.203 e. The second-order valence-corrected chi connectivity index (χ2v) is 27.4. The molecule has 2 unspecified atom stereocenters. The first kappa shape index (κ1) is 93.9. The lowest BCUT2D eigenvalue weighted by molar-refractivity contribution is 0.0910. The number of carbonyl (C=O) groups excluding carboxylic acids is 2. The number of aliphatic hydroxyl groups is 2. The van der Waals surface area contributed by atoms with Crippen LogP contribution in [-0.4, -0.2) is 104 Å². The second kappa shape index (κ2) is 49.1. The maximum absolute atomic E-state index is 13.3. The van der Waals surface area contributed by atoms with E-state index in [4.69, 9.17) is 33.2 Å². The molecule has 0 bridgehead atoms. The number of hydrogen-bond acceptors (Lipinski definition) is 18. The number of rotatable bonds is 28. The summed E-state index contributed by atoms with van der Waals surface area (Å²) in [5.74, 6) is -1.02. The molecular formula is C100H89F7O18. The molecule has 0 aliphatic heterocycles. The van der Waals surface area contributed by atoms with Crippen molar-refractivity contribution in [1.29, 1.82) is 0 Å². The summed E-state index contributed by atoms with van der Waals surface area (Å²) in [6, 6.07) is 88.2. The van der Waals surface area contributed by atoms with E-state index in [2.05, 4.69) is 0 Å². The highest BCUT2D eigenvalue weighted by molar-refractivity contribution is 6.00. The Bertz CT molecular complexity index is 5670. The summed E-state index contributed by atoms with van der Waals surface area (Å²) < 4.78 is 128. The van der Waals surface area contributed by atoms with Gasteiger partial charge in [-0.05, 0) is 163 Å². The number of phenols is 7. The number of aliphatic hydroxyl groups excluding tert-OH is 2. The van der Waals surface area contributed by atoms with Gasteiger partial charge in [-0.25, -0.2) is 30.7 Å². The van der Waals surface area contributed by atoms with E-state index >= 15 is 0 Å². The number of ether oxygens (including phenoxy) is 7. The van der Waals surface area contributed by atoms with Crippen LogP contribution in [0.3, 0.4) is 0 Å². The van der Waals surface area contributed by atoms with Gasteiger partial charge in [0.1, 0.15) is 112 Å². The molecule has 14 aromatic rings. The molecule has 14 aromatic carbocycles. The van der Waals surface area contributed by atoms with Gasteiger partial charge in [-0.1, -0.05) is 176 Å². The van der Waals surface area contributed by atoms with E-state index in [9.17, 15) is 86.3 Å². The summed E-state index contributed by atoms with van der Waals surface area (Å²) in [6.45, 7) is 0.451. The Hall–Kier alpha value is -15.0. The molecule has 1 saturated carbocycles. The summed E-state index contributed by atoms with van der Waals surface area (Å²) in [5, 5.41) is 86.7. The standard InChI is InChI=1S/C16H15FO2.C14H13FO3.C14H11FO3.C14H13FO3.C14H11FO3.2C14H13FO2/c17-12-4-3-5-13(10-12)19-11-16(8-9-16)14-6-1-2-7-15(14)18;2*15-11-6-2-4-8-14(11)18-9-13(17)10-5-1-3-7-12(10)16;2*15-10-4-3-5-11(8-10)18-9-14(17)12-6-1-2-7-13(12)16;15-12-6-2-4-8-14(12)17-10-9-11-5-1-3-7-13(11)16;15-12-5-3-6-13(10-12)17-9-8-11-4-1-2-7-14(11)16/h1-7,10,18H,8-9,11H2;1-8,13,16-17H,9H2;1-8,16H,9H2;1-8,14,16-17H,9H2;1-8,16H,9H2;1-8,16H,9-10H2;1-7,10,16H,8-9H2. The van der Waals surface area contributed by atoms with Gasteiger partial charge >= 0.3 is 0 Å². The van der Waals surface area contributed by atoms with Crippen molar-refractivity contribution in [3.8, 4) is 80.5 Å². The lowest BCUT2D eigenvalue weighted by Gasteiger charge is -2.18. The predicted molar refractivity (Wildman–Crippen MR) is 457 cm³/mol. The quantitative estimate of drug-likeness (QED) is 0.0163. The number of para-hydroxylation sites is 10. The van der Waals surface area contributed by atoms with Crippen LogP contribution in [0, 0.1) is 40.7 Å². The fraction of sp³-hybridized carbons (Fsp3) is 0.140. The van der Waals surface area contributed by atoms with Gasteiger partial charge in [0.25, 0.3) is 0 Å². The van der Waals surface area contributed by atoms with Gasteiger partial charge in [0.2, 0.25) is 11.6 Å². The molecule has 1 aliphatic rings. The van der Waals surface area contributed by atoms with Crippen molar-refractivity contribution in [2.24, 2.45) is 0 Å². The predicted octanol–water partition coefficient (Wildman–Crippen LogP) is 20.8. The van der Waals surface area contributed by atoms with Crippen LogP contribution in [0.25, 0.3) is 0 Å². The molecule has 18 nitrogen and oxygen atoms in total. The van der Waals surface area contributed by atoms with Crippen molar-refractivity contribution in [2.75, 3.05) is 46.2 Å². The number of Topliss-reactive ketones (excluding diaryl/α,β-unsaturated/α-hetero) is 2. The van der Waals surface area contributed by atoms with Gasteiger partial charge in [-0.3, -0.25) is 9.59 Å². The zero-order valence-electron chi connectivity index (χ0n) is 67.1. The van der Waals surface area contributed by atoms with Gasteiger partial charge < -0.3 is 79.1 Å². The molecule has 0 saturated heterocycles. The number of hydrogen-bond donors (Lipinski definition) is 9. The van der Waals surface area contributed by atoms with E-state index in [0.717, 1.165) is 29.5 Å². The van der Waals surface area contributed by atoms with E-state index in [0.29, 0.717) is 66.8 Å². The zero-order valence-corrected chi connectivity index (χ0v) is 67.1. The van der Waals surface area contributed by atoms with Crippen LogP contribution in [0.1, 0.15) is 73.6 Å². The molecule has 9 N–H and O–H groups in total. The van der Waals surface area contributed by atoms with E-state index in [-0.39, 0.29) is 124 Å². The Morgan fingerprint density at radius 3 is 1.02 bits per heavy atom. The van der Waals surface area contributed by atoms with E-state index in [1.807, 2.05) is 42.5 Å². The highest BCUT2D eigenvalue weighted by Crippen LogP contribution is 2.51. The Kier molecular flexibility index (Phi) is 36.9. The number of ketones is 2. The molecule has 1 fully saturated rings. The second-order valence-electron chi connectivity index (χ2n) is 27.4. The molecule has 125 heavy (non-hydrogen) atoms. The average Bonchev–Trinajstić information content (AvgIpc) is 1.61. The summed E-state index contributed by atoms with van der Waals surface area (Å²) in [7, 11) is 0. The zero-order chi connectivity index (χ0) is 89.3. The topological polar surface area (TPSA) is 281 Å². The molecule has 0 heterocycles. The molecular weight excluding hydrogens is 1620 g/mol. The Labute approximate surface area is 716 Å². The first-order chi connectivity index (χ1) is 60.4. The first-order valence-corrected chi connectivity index (χ1v) is 38.9. The molecule has 0 amide bonds. The van der Waals surface area contributed by atoms with Crippen molar-refractivity contribution in [3.05, 3.63) is 419 Å². The van der Waals surface area contributed by atoms with E-state index in [1.54, 1.807) is 164 Å². The molecule has 15 rings (SSSR count). The summed E-state index contributed by atoms with van der Waals surface area (Å²) in [6.07, 6.45) is 1.13. The van der Waals surface area contributed by atoms with E-state index < -0.39 is 41.3 Å². The molecule has 0 radical (unpaired) electrons. The van der Waals surface area contributed by atoms with Gasteiger partial charge in [0.05, 0.1) is 30.9 Å².